The van der Waals surface area contributed by atoms with Crippen LogP contribution in [0.3, 0.4) is 0 Å². The Morgan fingerprint density at radius 2 is 1.93 bits per heavy atom. The van der Waals surface area contributed by atoms with Crippen LogP contribution in [0.1, 0.15) is 30.9 Å². The number of anilines is 1. The minimum absolute atomic E-state index is 0.0103. The highest BCUT2D eigenvalue weighted by Crippen LogP contribution is 2.39. The van der Waals surface area contributed by atoms with E-state index in [2.05, 4.69) is 0 Å². The highest BCUT2D eigenvalue weighted by molar-refractivity contribution is 5.87. The summed E-state index contributed by atoms with van der Waals surface area (Å²) in [6, 6.07) is 0.952. The van der Waals surface area contributed by atoms with E-state index in [0.29, 0.717) is 28.7 Å². The van der Waals surface area contributed by atoms with E-state index in [0.717, 1.165) is 18.9 Å². The lowest BCUT2D eigenvalue weighted by Crippen LogP contribution is -2.44. The molecule has 2 aliphatic rings. The van der Waals surface area contributed by atoms with Gasteiger partial charge < -0.3 is 15.8 Å². The van der Waals surface area contributed by atoms with Crippen molar-refractivity contribution in [1.29, 1.82) is 0 Å². The molecule has 2 heterocycles. The van der Waals surface area contributed by atoms with Crippen molar-refractivity contribution in [3.8, 4) is 0 Å². The first-order valence-corrected chi connectivity index (χ1v) is 9.19. The highest BCUT2D eigenvalue weighted by Gasteiger charge is 2.36. The van der Waals surface area contributed by atoms with Gasteiger partial charge in [0.25, 0.3) is 12.0 Å². The molecule has 1 aromatic carbocycles. The van der Waals surface area contributed by atoms with Gasteiger partial charge in [-0.3, -0.25) is 9.36 Å². The van der Waals surface area contributed by atoms with Gasteiger partial charge >= 0.3 is 5.69 Å². The molecule has 0 bridgehead atoms. The maximum atomic E-state index is 15.0. The maximum absolute atomic E-state index is 15.0. The Bertz CT molecular complexity index is 1060. The molecule has 0 radical (unpaired) electrons. The zero-order valence-electron chi connectivity index (χ0n) is 15.2. The second-order valence-electron chi connectivity index (χ2n) is 7.61. The standard InChI is InChI=1S/C18H21F3N4O3/c1-8-13-11(17(27)25(22)18(28)24(13)10-2-3-10)6-12(19)14(8)23-5-4-9(7-23)15(26)16(20)21/h6,9-10,15-16,26H,2-5,7,22H2,1H3. The van der Waals surface area contributed by atoms with Crippen molar-refractivity contribution in [2.24, 2.45) is 5.92 Å². The van der Waals surface area contributed by atoms with Crippen LogP contribution in [0.15, 0.2) is 15.7 Å². The number of nitrogen functional groups attached to an aromatic ring is 1. The topological polar surface area (TPSA) is 93.5 Å². The number of aryl methyl sites for hydroxylation is 1. The first kappa shape index (κ1) is 18.9. The van der Waals surface area contributed by atoms with E-state index in [1.165, 1.54) is 4.57 Å². The van der Waals surface area contributed by atoms with Crippen LogP contribution in [0.5, 0.6) is 0 Å². The summed E-state index contributed by atoms with van der Waals surface area (Å²) in [5.74, 6) is 4.23. The average molecular weight is 398 g/mol. The molecule has 2 fully saturated rings. The van der Waals surface area contributed by atoms with Crippen molar-refractivity contribution in [2.75, 3.05) is 23.8 Å². The molecule has 1 saturated heterocycles. The number of aliphatic hydroxyl groups is 1. The average Bonchev–Trinajstić information content (AvgIpc) is 3.37. The van der Waals surface area contributed by atoms with Crippen molar-refractivity contribution in [3.05, 3.63) is 38.3 Å². The van der Waals surface area contributed by atoms with Crippen LogP contribution in [-0.2, 0) is 0 Å². The lowest BCUT2D eigenvalue weighted by Gasteiger charge is -2.25. The number of nitrogens with zero attached hydrogens (tertiary/aromatic N) is 3. The number of aromatic nitrogens is 2. The van der Waals surface area contributed by atoms with E-state index in [-0.39, 0.29) is 23.7 Å². The molecule has 3 N–H and O–H groups in total. The third-order valence-electron chi connectivity index (χ3n) is 5.76. The SMILES string of the molecule is Cc1c(N2CCC(C(O)C(F)F)C2)c(F)cc2c(=O)n(N)c(=O)n(C3CC3)c12. The van der Waals surface area contributed by atoms with Crippen LogP contribution in [0.2, 0.25) is 0 Å². The minimum Gasteiger partial charge on any atom is -0.387 e. The lowest BCUT2D eigenvalue weighted by atomic mass is 10.0. The van der Waals surface area contributed by atoms with Crippen LogP contribution in [0.25, 0.3) is 10.9 Å². The molecule has 7 nitrogen and oxygen atoms in total. The second-order valence-corrected chi connectivity index (χ2v) is 7.61. The smallest absolute Gasteiger partial charge is 0.350 e. The summed E-state index contributed by atoms with van der Waals surface area (Å²) < 4.78 is 42.5. The van der Waals surface area contributed by atoms with Crippen LogP contribution in [-0.4, -0.2) is 40.0 Å². The van der Waals surface area contributed by atoms with Gasteiger partial charge in [0.15, 0.2) is 0 Å². The molecule has 2 unspecified atom stereocenters. The summed E-state index contributed by atoms with van der Waals surface area (Å²) in [6.07, 6.45) is -2.84. The fourth-order valence-corrected chi connectivity index (χ4v) is 4.19. The predicted octanol–water partition coefficient (Wildman–Crippen LogP) is 1.11. The quantitative estimate of drug-likeness (QED) is 0.753. The van der Waals surface area contributed by atoms with Crippen molar-refractivity contribution in [1.82, 2.24) is 9.24 Å². The number of alkyl halides is 2. The molecular formula is C18H21F3N4O3. The Morgan fingerprint density at radius 1 is 1.25 bits per heavy atom. The molecule has 0 spiro atoms. The van der Waals surface area contributed by atoms with Crippen LogP contribution in [0.4, 0.5) is 18.9 Å². The van der Waals surface area contributed by atoms with E-state index in [4.69, 9.17) is 5.84 Å². The number of fused-ring (bicyclic) bond motifs is 1. The lowest BCUT2D eigenvalue weighted by molar-refractivity contribution is -0.0334. The summed E-state index contributed by atoms with van der Waals surface area (Å²) in [5.41, 5.74) is -0.553. The van der Waals surface area contributed by atoms with Gasteiger partial charge in [-0.1, -0.05) is 0 Å². The third kappa shape index (κ3) is 2.78. The summed E-state index contributed by atoms with van der Waals surface area (Å²) in [4.78, 5) is 26.6. The molecule has 1 aromatic heterocycles. The Balaban J connectivity index is 1.88. The Hall–Kier alpha value is -2.49. The van der Waals surface area contributed by atoms with E-state index in [9.17, 15) is 27.9 Å². The van der Waals surface area contributed by atoms with Gasteiger partial charge in [-0.05, 0) is 32.3 Å². The van der Waals surface area contributed by atoms with E-state index in [1.54, 1.807) is 11.8 Å². The molecule has 0 amide bonds. The number of hydrogen-bond acceptors (Lipinski definition) is 5. The van der Waals surface area contributed by atoms with Gasteiger partial charge in [0, 0.05) is 30.6 Å². The van der Waals surface area contributed by atoms with Crippen LogP contribution >= 0.6 is 0 Å². The van der Waals surface area contributed by atoms with Gasteiger partial charge in [0.1, 0.15) is 11.9 Å². The molecule has 1 aliphatic carbocycles. The summed E-state index contributed by atoms with van der Waals surface area (Å²) in [7, 11) is 0. The first-order valence-electron chi connectivity index (χ1n) is 9.19. The van der Waals surface area contributed by atoms with Crippen molar-refractivity contribution < 1.29 is 18.3 Å². The Kier molecular flexibility index (Phi) is 4.40. The van der Waals surface area contributed by atoms with Gasteiger partial charge in [-0.25, -0.2) is 18.0 Å². The van der Waals surface area contributed by atoms with Crippen LogP contribution < -0.4 is 22.0 Å². The van der Waals surface area contributed by atoms with E-state index < -0.39 is 35.5 Å². The Morgan fingerprint density at radius 3 is 2.54 bits per heavy atom. The second kappa shape index (κ2) is 6.54. The highest BCUT2D eigenvalue weighted by atomic mass is 19.3. The summed E-state index contributed by atoms with van der Waals surface area (Å²) in [6.45, 7) is 1.96. The van der Waals surface area contributed by atoms with E-state index >= 15 is 0 Å². The van der Waals surface area contributed by atoms with Crippen molar-refractivity contribution >= 4 is 16.6 Å². The van der Waals surface area contributed by atoms with Crippen molar-refractivity contribution in [2.45, 2.75) is 44.8 Å². The number of halogens is 3. The molecule has 2 aromatic rings. The van der Waals surface area contributed by atoms with Gasteiger partial charge in [0.2, 0.25) is 0 Å². The monoisotopic (exact) mass is 398 g/mol. The molecule has 4 rings (SSSR count). The summed E-state index contributed by atoms with van der Waals surface area (Å²) in [5, 5.41) is 9.67. The molecular weight excluding hydrogens is 377 g/mol. The van der Waals surface area contributed by atoms with Crippen molar-refractivity contribution in [3.63, 3.8) is 0 Å². The summed E-state index contributed by atoms with van der Waals surface area (Å²) >= 11 is 0. The zero-order chi connectivity index (χ0) is 20.3. The largest absolute Gasteiger partial charge is 0.387 e. The normalized spacial score (nSPS) is 21.1. The Labute approximate surface area is 157 Å². The fourth-order valence-electron chi connectivity index (χ4n) is 4.19. The molecule has 1 aliphatic heterocycles. The molecule has 10 heteroatoms. The number of aliphatic hydroxyl groups excluding tert-OH is 1. The number of benzene rings is 1. The predicted molar refractivity (Wildman–Crippen MR) is 97.9 cm³/mol. The third-order valence-corrected chi connectivity index (χ3v) is 5.76. The van der Waals surface area contributed by atoms with Gasteiger partial charge in [0.05, 0.1) is 16.6 Å². The van der Waals surface area contributed by atoms with Gasteiger partial charge in [-0.15, -0.1) is 0 Å². The number of nitrogens with two attached hydrogens (primary N) is 1. The first-order chi connectivity index (χ1) is 13.2. The van der Waals surface area contributed by atoms with Crippen LogP contribution in [0, 0.1) is 18.7 Å². The fraction of sp³-hybridized carbons (Fsp3) is 0.556. The minimum atomic E-state index is -2.87. The van der Waals surface area contributed by atoms with Gasteiger partial charge in [-0.2, -0.15) is 4.68 Å². The molecule has 1 saturated carbocycles. The molecule has 2 atom stereocenters. The number of rotatable bonds is 4. The number of hydrogen-bond donors (Lipinski definition) is 2. The zero-order valence-corrected chi connectivity index (χ0v) is 15.2. The molecule has 28 heavy (non-hydrogen) atoms. The molecule has 152 valence electrons. The maximum Gasteiger partial charge on any atom is 0.350 e. The van der Waals surface area contributed by atoms with E-state index in [1.807, 2.05) is 0 Å².